The summed E-state index contributed by atoms with van der Waals surface area (Å²) in [6.45, 7) is 6.84. The first-order valence-corrected chi connectivity index (χ1v) is 35.4. The van der Waals surface area contributed by atoms with Gasteiger partial charge in [-0.3, -0.25) is 14.2 Å². The predicted molar refractivity (Wildman–Crippen MR) is 339 cm³/mol. The highest BCUT2D eigenvalue weighted by Crippen LogP contribution is 2.38. The maximum atomic E-state index is 13.6. The molecule has 0 aliphatic heterocycles. The summed E-state index contributed by atoms with van der Waals surface area (Å²) in [7, 11) is 1.19. The second kappa shape index (κ2) is 59.1. The lowest BCUT2D eigenvalue weighted by Gasteiger charge is -2.30. The van der Waals surface area contributed by atoms with E-state index >= 15 is 0 Å². The van der Waals surface area contributed by atoms with Crippen molar-refractivity contribution in [1.82, 2.24) is 5.32 Å². The molecule has 0 aromatic heterocycles. The van der Waals surface area contributed by atoms with Crippen molar-refractivity contribution in [2.45, 2.75) is 341 Å². The topological polar surface area (TPSA) is 114 Å². The summed E-state index contributed by atoms with van der Waals surface area (Å²) in [5, 5.41) is 3.04. The van der Waals surface area contributed by atoms with Crippen LogP contribution in [0.15, 0.2) is 48.6 Å². The number of amides is 1. The first kappa shape index (κ1) is 77.0. The molecule has 464 valence electrons. The van der Waals surface area contributed by atoms with Gasteiger partial charge in [-0.1, -0.05) is 275 Å². The van der Waals surface area contributed by atoms with Gasteiger partial charge in [0.05, 0.1) is 33.8 Å². The van der Waals surface area contributed by atoms with Gasteiger partial charge in [0.25, 0.3) is 7.82 Å². The fourth-order valence-corrected chi connectivity index (χ4v) is 10.7. The van der Waals surface area contributed by atoms with Crippen molar-refractivity contribution in [2.75, 3.05) is 40.9 Å². The molecule has 0 saturated heterocycles. The van der Waals surface area contributed by atoms with Crippen LogP contribution in [0.3, 0.4) is 0 Å². The Labute approximate surface area is 490 Å². The van der Waals surface area contributed by atoms with E-state index in [-0.39, 0.29) is 31.5 Å². The second-order valence-corrected chi connectivity index (χ2v) is 25.7. The van der Waals surface area contributed by atoms with E-state index in [0.717, 1.165) is 77.0 Å². The number of hydrogen-bond donors (Lipinski definition) is 1. The maximum Gasteiger partial charge on any atom is 0.306 e. The Hall–Kier alpha value is -2.03. The van der Waals surface area contributed by atoms with E-state index in [0.29, 0.717) is 17.4 Å². The highest BCUT2D eigenvalue weighted by Gasteiger charge is 2.27. The van der Waals surface area contributed by atoms with Crippen molar-refractivity contribution in [2.24, 2.45) is 0 Å². The van der Waals surface area contributed by atoms with Crippen LogP contribution in [0.2, 0.25) is 0 Å². The van der Waals surface area contributed by atoms with Gasteiger partial charge in [-0.25, -0.2) is 0 Å². The maximum absolute atomic E-state index is 13.6. The normalized spacial score (nSPS) is 13.9. The van der Waals surface area contributed by atoms with Crippen molar-refractivity contribution < 1.29 is 37.3 Å². The molecule has 9 nitrogen and oxygen atoms in total. The summed E-state index contributed by atoms with van der Waals surface area (Å²) >= 11 is 0. The van der Waals surface area contributed by atoms with Gasteiger partial charge >= 0.3 is 5.97 Å². The Bertz CT molecular complexity index is 1490. The molecule has 10 heteroatoms. The van der Waals surface area contributed by atoms with Gasteiger partial charge in [-0.05, 0) is 89.5 Å². The Morgan fingerprint density at radius 3 is 1.18 bits per heavy atom. The Kier molecular flexibility index (Phi) is 57.6. The molecule has 0 heterocycles. The molecule has 1 N–H and O–H groups in total. The van der Waals surface area contributed by atoms with Crippen molar-refractivity contribution in [3.63, 3.8) is 0 Å². The molecule has 1 amide bonds. The number of hydrogen-bond acceptors (Lipinski definition) is 7. The van der Waals surface area contributed by atoms with E-state index < -0.39 is 20.0 Å². The fourth-order valence-electron chi connectivity index (χ4n) is 9.96. The molecule has 0 bridgehead atoms. The van der Waals surface area contributed by atoms with Gasteiger partial charge in [0, 0.05) is 12.8 Å². The molecule has 0 aromatic rings. The van der Waals surface area contributed by atoms with Crippen LogP contribution in [0.5, 0.6) is 0 Å². The third kappa shape index (κ3) is 60.4. The Morgan fingerprint density at radius 2 is 0.772 bits per heavy atom. The van der Waals surface area contributed by atoms with Gasteiger partial charge in [0.2, 0.25) is 5.91 Å². The van der Waals surface area contributed by atoms with E-state index in [2.05, 4.69) is 62.5 Å². The van der Waals surface area contributed by atoms with E-state index in [4.69, 9.17) is 13.8 Å². The van der Waals surface area contributed by atoms with Crippen LogP contribution < -0.4 is 10.2 Å². The third-order valence-corrected chi connectivity index (χ3v) is 16.2. The summed E-state index contributed by atoms with van der Waals surface area (Å²) < 4.78 is 30.4. The minimum Gasteiger partial charge on any atom is -0.756 e. The molecular weight excluding hydrogens is 1000 g/mol. The molecule has 0 radical (unpaired) electrons. The van der Waals surface area contributed by atoms with Gasteiger partial charge in [-0.2, -0.15) is 0 Å². The number of nitrogens with zero attached hydrogens (tertiary/aromatic N) is 1. The lowest BCUT2D eigenvalue weighted by Crippen LogP contribution is -2.47. The standard InChI is InChI=1S/C69H131N2O7P/c1-7-10-13-16-19-22-25-27-29-31-32-33-34-35-36-37-38-40-41-43-46-49-52-55-58-61-68(72)70-66(65-77-79(74,75)76-64-63-71(4,5)6)67(60-57-54-51-48-45-24-21-18-15-12-9-3)78-69(73)62-59-56-53-50-47-44-42-39-30-28-26-23-20-17-14-11-8-2/h19,22,27-30,57,60,66-67H,7-18,20-21,23-26,31-56,58-59,61-65H2,1-6H3,(H-,70,72,74,75)/b22-19-,29-27-,30-28+,60-57-. The molecule has 3 unspecified atom stereocenters. The van der Waals surface area contributed by atoms with Crippen LogP contribution >= 0.6 is 7.82 Å². The van der Waals surface area contributed by atoms with Crippen LogP contribution in [0.25, 0.3) is 0 Å². The van der Waals surface area contributed by atoms with Crippen molar-refractivity contribution in [3.8, 4) is 0 Å². The third-order valence-electron chi connectivity index (χ3n) is 15.2. The molecular formula is C69H131N2O7P. The van der Waals surface area contributed by atoms with E-state index in [1.807, 2.05) is 33.3 Å². The monoisotopic (exact) mass is 1130 g/mol. The number of likely N-dealkylation sites (N-methyl/N-ethyl adjacent to an activating group) is 1. The number of quaternary nitrogens is 1. The lowest BCUT2D eigenvalue weighted by atomic mass is 10.0. The molecule has 3 atom stereocenters. The number of allylic oxidation sites excluding steroid dienone is 7. The number of nitrogens with one attached hydrogen (secondary N) is 1. The second-order valence-electron chi connectivity index (χ2n) is 24.3. The smallest absolute Gasteiger partial charge is 0.306 e. The number of carbonyl (C=O) groups excluding carboxylic acids is 2. The number of phosphoric ester groups is 1. The van der Waals surface area contributed by atoms with Crippen LogP contribution in [0.1, 0.15) is 329 Å². The average molecular weight is 1130 g/mol. The molecule has 0 aromatic carbocycles. The molecule has 0 spiro atoms. The largest absolute Gasteiger partial charge is 0.756 e. The summed E-state index contributed by atoms with van der Waals surface area (Å²) in [5.74, 6) is -0.534. The Morgan fingerprint density at radius 1 is 0.443 bits per heavy atom. The highest BCUT2D eigenvalue weighted by molar-refractivity contribution is 7.45. The van der Waals surface area contributed by atoms with E-state index in [1.54, 1.807) is 0 Å². The summed E-state index contributed by atoms with van der Waals surface area (Å²) in [6.07, 6.45) is 73.7. The molecule has 0 aliphatic carbocycles. The number of carbonyl (C=O) groups is 2. The number of phosphoric acid groups is 1. The minimum atomic E-state index is -4.70. The van der Waals surface area contributed by atoms with Crippen molar-refractivity contribution in [3.05, 3.63) is 48.6 Å². The average Bonchev–Trinajstić information content (AvgIpc) is 3.41. The quantitative estimate of drug-likeness (QED) is 0.0212. The molecule has 0 saturated carbocycles. The lowest BCUT2D eigenvalue weighted by molar-refractivity contribution is -0.870. The zero-order valence-electron chi connectivity index (χ0n) is 53.1. The Balaban J connectivity index is 5.03. The highest BCUT2D eigenvalue weighted by atomic mass is 31.2. The zero-order chi connectivity index (χ0) is 57.9. The minimum absolute atomic E-state index is 0.0218. The van der Waals surface area contributed by atoms with Gasteiger partial charge in [0.1, 0.15) is 19.3 Å². The van der Waals surface area contributed by atoms with Crippen LogP contribution in [-0.2, 0) is 27.9 Å². The molecule has 79 heavy (non-hydrogen) atoms. The number of unbranched alkanes of at least 4 members (excludes halogenated alkanes) is 40. The van der Waals surface area contributed by atoms with Crippen molar-refractivity contribution >= 4 is 19.7 Å². The number of esters is 1. The van der Waals surface area contributed by atoms with Gasteiger partial charge in [-0.15, -0.1) is 0 Å². The SMILES string of the molecule is CCCCC/C=C\C/C=C\CCCCCCCCCCCCCCCCCC(=O)NC(COP(=O)([O-])OCC[N+](C)(C)C)C(/C=C\CCCCCCCCCCC)OC(=O)CCCCCCCCC/C=C/CCCCCCCC. The van der Waals surface area contributed by atoms with E-state index in [1.165, 1.54) is 218 Å². The zero-order valence-corrected chi connectivity index (χ0v) is 54.0. The number of ether oxygens (including phenoxy) is 1. The number of rotatable bonds is 62. The predicted octanol–water partition coefficient (Wildman–Crippen LogP) is 20.6. The first-order chi connectivity index (χ1) is 38.4. The van der Waals surface area contributed by atoms with Crippen LogP contribution in [0, 0.1) is 0 Å². The molecule has 0 rings (SSSR count). The van der Waals surface area contributed by atoms with E-state index in [9.17, 15) is 19.0 Å². The van der Waals surface area contributed by atoms with Crippen LogP contribution in [-0.4, -0.2) is 69.4 Å². The van der Waals surface area contributed by atoms with Crippen LogP contribution in [0.4, 0.5) is 0 Å². The molecule has 0 aliphatic rings. The summed E-state index contributed by atoms with van der Waals surface area (Å²) in [6, 6.07) is -0.888. The summed E-state index contributed by atoms with van der Waals surface area (Å²) in [4.78, 5) is 40.1. The van der Waals surface area contributed by atoms with Gasteiger partial charge < -0.3 is 28.5 Å². The first-order valence-electron chi connectivity index (χ1n) is 33.9. The molecule has 0 fully saturated rings. The van der Waals surface area contributed by atoms with Crippen molar-refractivity contribution in [1.29, 1.82) is 0 Å². The fraction of sp³-hybridized carbons (Fsp3) is 0.855. The summed E-state index contributed by atoms with van der Waals surface area (Å²) in [5.41, 5.74) is 0. The van der Waals surface area contributed by atoms with Gasteiger partial charge in [0.15, 0.2) is 0 Å².